The molecular weight excluding hydrogens is 363 g/mol. The van der Waals surface area contributed by atoms with E-state index in [9.17, 15) is 19.1 Å². The fraction of sp³-hybridized carbons (Fsp3) is 0.238. The molecular formula is C21H21FN2O4. The molecule has 3 rings (SSSR count). The van der Waals surface area contributed by atoms with Gasteiger partial charge in [0, 0.05) is 17.0 Å². The van der Waals surface area contributed by atoms with Crippen molar-refractivity contribution in [1.82, 2.24) is 9.88 Å². The van der Waals surface area contributed by atoms with Crippen LogP contribution in [0.5, 0.6) is 11.5 Å². The van der Waals surface area contributed by atoms with Crippen molar-refractivity contribution < 1.29 is 23.8 Å². The third-order valence-electron chi connectivity index (χ3n) is 4.28. The molecule has 0 atom stereocenters. The van der Waals surface area contributed by atoms with E-state index in [1.165, 1.54) is 18.2 Å². The lowest BCUT2D eigenvalue weighted by molar-refractivity contribution is -0.137. The van der Waals surface area contributed by atoms with E-state index in [-0.39, 0.29) is 18.5 Å². The highest BCUT2D eigenvalue weighted by molar-refractivity contribution is 5.94. The quantitative estimate of drug-likeness (QED) is 0.670. The van der Waals surface area contributed by atoms with Crippen LogP contribution in [0.3, 0.4) is 0 Å². The number of carboxylic acid groups (broad SMARTS) is 1. The number of amides is 1. The molecule has 0 saturated heterocycles. The van der Waals surface area contributed by atoms with Gasteiger partial charge in [-0.05, 0) is 63.2 Å². The number of nitrogens with one attached hydrogen (secondary N) is 1. The molecule has 0 aliphatic heterocycles. The minimum atomic E-state index is -1.00. The van der Waals surface area contributed by atoms with Gasteiger partial charge < -0.3 is 19.7 Å². The molecule has 6 nitrogen and oxygen atoms in total. The van der Waals surface area contributed by atoms with Gasteiger partial charge in [-0.2, -0.15) is 0 Å². The zero-order chi connectivity index (χ0) is 20.4. The first-order valence-electron chi connectivity index (χ1n) is 8.85. The standard InChI is InChI=1S/C21H21FN2O4/c1-12(2)23-21(27)14-4-7-16(8-5-14)28-20-13(3)24(11-19(25)26)18-9-6-15(22)10-17(18)20/h4-10,12H,11H2,1-3H3,(H,23,27)(H,25,26). The summed E-state index contributed by atoms with van der Waals surface area (Å²) in [5.74, 6) is -0.780. The molecule has 0 spiro atoms. The SMILES string of the molecule is Cc1c(Oc2ccc(C(=O)NC(C)C)cc2)c2cc(F)ccc2n1CC(=O)O. The third-order valence-corrected chi connectivity index (χ3v) is 4.28. The van der Waals surface area contributed by atoms with Crippen LogP contribution >= 0.6 is 0 Å². The lowest BCUT2D eigenvalue weighted by Crippen LogP contribution is -2.29. The molecule has 2 N–H and O–H groups in total. The Labute approximate surface area is 161 Å². The Morgan fingerprint density at radius 2 is 1.86 bits per heavy atom. The van der Waals surface area contributed by atoms with Crippen molar-refractivity contribution in [2.75, 3.05) is 0 Å². The summed E-state index contributed by atoms with van der Waals surface area (Å²) in [6, 6.07) is 10.7. The normalized spacial score (nSPS) is 11.0. The van der Waals surface area contributed by atoms with Crippen molar-refractivity contribution in [3.05, 3.63) is 59.5 Å². The number of hydrogen-bond acceptors (Lipinski definition) is 3. The van der Waals surface area contributed by atoms with Gasteiger partial charge in [0.15, 0.2) is 5.75 Å². The summed E-state index contributed by atoms with van der Waals surface area (Å²) in [5, 5.41) is 12.5. The van der Waals surface area contributed by atoms with E-state index in [0.29, 0.717) is 33.7 Å². The van der Waals surface area contributed by atoms with Crippen molar-refractivity contribution in [1.29, 1.82) is 0 Å². The first-order valence-corrected chi connectivity index (χ1v) is 8.85. The molecule has 1 aromatic heterocycles. The molecule has 0 unspecified atom stereocenters. The average Bonchev–Trinajstić information content (AvgIpc) is 2.86. The molecule has 1 amide bonds. The molecule has 0 fully saturated rings. The summed E-state index contributed by atoms with van der Waals surface area (Å²) >= 11 is 0. The minimum absolute atomic E-state index is 0.0290. The van der Waals surface area contributed by atoms with Crippen LogP contribution in [0, 0.1) is 12.7 Å². The van der Waals surface area contributed by atoms with E-state index in [4.69, 9.17) is 4.74 Å². The summed E-state index contributed by atoms with van der Waals surface area (Å²) in [4.78, 5) is 23.2. The fourth-order valence-electron chi connectivity index (χ4n) is 3.03. The number of fused-ring (bicyclic) bond motifs is 1. The second kappa shape index (κ2) is 7.72. The average molecular weight is 384 g/mol. The Hall–Kier alpha value is -3.35. The number of benzene rings is 2. The zero-order valence-electron chi connectivity index (χ0n) is 15.8. The summed E-state index contributed by atoms with van der Waals surface area (Å²) in [5.41, 5.74) is 1.64. The van der Waals surface area contributed by atoms with Gasteiger partial charge in [-0.25, -0.2) is 4.39 Å². The molecule has 3 aromatic rings. The van der Waals surface area contributed by atoms with Crippen LogP contribution in [0.1, 0.15) is 29.9 Å². The number of nitrogens with zero attached hydrogens (tertiary/aromatic N) is 1. The summed E-state index contributed by atoms with van der Waals surface area (Å²) in [6.45, 7) is 5.22. The van der Waals surface area contributed by atoms with Gasteiger partial charge in [0.1, 0.15) is 18.1 Å². The molecule has 28 heavy (non-hydrogen) atoms. The number of aromatic nitrogens is 1. The van der Waals surface area contributed by atoms with Gasteiger partial charge in [-0.1, -0.05) is 0 Å². The Kier molecular flexibility index (Phi) is 5.35. The number of rotatable bonds is 6. The van der Waals surface area contributed by atoms with Crippen molar-refractivity contribution >= 4 is 22.8 Å². The molecule has 0 bridgehead atoms. The van der Waals surface area contributed by atoms with Gasteiger partial charge in [0.05, 0.1) is 11.2 Å². The first-order chi connectivity index (χ1) is 13.3. The third kappa shape index (κ3) is 3.98. The van der Waals surface area contributed by atoms with Crippen LogP contribution in [-0.4, -0.2) is 27.6 Å². The van der Waals surface area contributed by atoms with Gasteiger partial charge >= 0.3 is 5.97 Å². The van der Waals surface area contributed by atoms with E-state index in [1.807, 2.05) is 13.8 Å². The van der Waals surface area contributed by atoms with Crippen LogP contribution in [0.4, 0.5) is 4.39 Å². The molecule has 2 aromatic carbocycles. The Balaban J connectivity index is 1.96. The predicted molar refractivity (Wildman–Crippen MR) is 103 cm³/mol. The van der Waals surface area contributed by atoms with Crippen molar-refractivity contribution in [2.24, 2.45) is 0 Å². The lowest BCUT2D eigenvalue weighted by Gasteiger charge is -2.10. The smallest absolute Gasteiger partial charge is 0.323 e. The highest BCUT2D eigenvalue weighted by Crippen LogP contribution is 2.36. The van der Waals surface area contributed by atoms with Crippen LogP contribution in [0.25, 0.3) is 10.9 Å². The van der Waals surface area contributed by atoms with E-state index in [0.717, 1.165) is 0 Å². The number of carbonyl (C=O) groups excluding carboxylic acids is 1. The number of hydrogen-bond donors (Lipinski definition) is 2. The topological polar surface area (TPSA) is 80.6 Å². The number of carbonyl (C=O) groups is 2. The molecule has 0 aliphatic rings. The van der Waals surface area contributed by atoms with E-state index in [2.05, 4.69) is 5.32 Å². The molecule has 0 saturated carbocycles. The summed E-state index contributed by atoms with van der Waals surface area (Å²) in [7, 11) is 0. The highest BCUT2D eigenvalue weighted by Gasteiger charge is 2.18. The fourth-order valence-corrected chi connectivity index (χ4v) is 3.03. The van der Waals surface area contributed by atoms with Crippen molar-refractivity contribution in [3.63, 3.8) is 0 Å². The summed E-state index contributed by atoms with van der Waals surface area (Å²) < 4.78 is 21.3. The molecule has 7 heteroatoms. The molecule has 146 valence electrons. The largest absolute Gasteiger partial charge is 0.480 e. The Morgan fingerprint density at radius 1 is 1.18 bits per heavy atom. The van der Waals surface area contributed by atoms with Crippen molar-refractivity contribution in [2.45, 2.75) is 33.4 Å². The maximum absolute atomic E-state index is 13.8. The van der Waals surface area contributed by atoms with Gasteiger partial charge in [0.2, 0.25) is 0 Å². The monoisotopic (exact) mass is 384 g/mol. The zero-order valence-corrected chi connectivity index (χ0v) is 15.8. The van der Waals surface area contributed by atoms with E-state index in [1.54, 1.807) is 35.8 Å². The summed E-state index contributed by atoms with van der Waals surface area (Å²) in [6.07, 6.45) is 0. The second-order valence-electron chi connectivity index (χ2n) is 6.81. The number of aliphatic carboxylic acids is 1. The molecule has 0 aliphatic carbocycles. The van der Waals surface area contributed by atoms with E-state index < -0.39 is 11.8 Å². The number of carboxylic acids is 1. The van der Waals surface area contributed by atoms with Crippen LogP contribution in [-0.2, 0) is 11.3 Å². The second-order valence-corrected chi connectivity index (χ2v) is 6.81. The van der Waals surface area contributed by atoms with Gasteiger partial charge in [0.25, 0.3) is 5.91 Å². The first kappa shape index (κ1) is 19.4. The number of halogens is 1. The van der Waals surface area contributed by atoms with Crippen molar-refractivity contribution in [3.8, 4) is 11.5 Å². The van der Waals surface area contributed by atoms with Gasteiger partial charge in [-0.15, -0.1) is 0 Å². The molecule has 0 radical (unpaired) electrons. The van der Waals surface area contributed by atoms with Gasteiger partial charge in [-0.3, -0.25) is 9.59 Å². The highest BCUT2D eigenvalue weighted by atomic mass is 19.1. The Morgan fingerprint density at radius 3 is 2.46 bits per heavy atom. The maximum atomic E-state index is 13.8. The maximum Gasteiger partial charge on any atom is 0.323 e. The Bertz CT molecular complexity index is 1040. The predicted octanol–water partition coefficient (Wildman–Crippen LogP) is 4.10. The lowest BCUT2D eigenvalue weighted by atomic mass is 10.2. The minimum Gasteiger partial charge on any atom is -0.480 e. The number of ether oxygens (including phenoxy) is 1. The van der Waals surface area contributed by atoms with E-state index >= 15 is 0 Å². The molecule has 1 heterocycles. The van der Waals surface area contributed by atoms with Crippen LogP contribution < -0.4 is 10.1 Å². The van der Waals surface area contributed by atoms with Crippen LogP contribution in [0.15, 0.2) is 42.5 Å². The van der Waals surface area contributed by atoms with Crippen LogP contribution in [0.2, 0.25) is 0 Å².